The van der Waals surface area contributed by atoms with E-state index >= 15 is 0 Å². The van der Waals surface area contributed by atoms with Crippen LogP contribution in [0.3, 0.4) is 0 Å². The molecule has 0 saturated heterocycles. The summed E-state index contributed by atoms with van der Waals surface area (Å²) in [5.74, 6) is 0. The molecular weight excluding hydrogens is 349 g/mol. The topological polar surface area (TPSA) is 25.2 Å². The molecule has 1 aromatic carbocycles. The first-order chi connectivity index (χ1) is 9.11. The molecule has 0 aliphatic heterocycles. The zero-order valence-corrected chi connectivity index (χ0v) is 13.5. The number of nitrogens with one attached hydrogen (secondary N) is 1. The zero-order chi connectivity index (χ0) is 13.8. The van der Waals surface area contributed by atoms with Crippen LogP contribution in [0.4, 0.5) is 0 Å². The van der Waals surface area contributed by atoms with Gasteiger partial charge in [0.2, 0.25) is 0 Å². The number of halogens is 3. The van der Waals surface area contributed by atoms with Crippen molar-refractivity contribution in [1.82, 2.24) is 5.32 Å². The Morgan fingerprint density at radius 3 is 2.68 bits per heavy atom. The number of hydrogen-bond acceptors (Lipinski definition) is 2. The molecule has 0 aliphatic rings. The molecule has 102 valence electrons. The van der Waals surface area contributed by atoms with E-state index in [1.54, 1.807) is 12.3 Å². The fraction of sp³-hybridized carbons (Fsp3) is 0.286. The second kappa shape index (κ2) is 6.80. The summed E-state index contributed by atoms with van der Waals surface area (Å²) in [6.07, 6.45) is 2.45. The molecule has 1 heterocycles. The first-order valence-electron chi connectivity index (χ1n) is 6.02. The van der Waals surface area contributed by atoms with Crippen LogP contribution in [0, 0.1) is 0 Å². The summed E-state index contributed by atoms with van der Waals surface area (Å²) in [6.45, 7) is 2.94. The van der Waals surface area contributed by atoms with Crippen molar-refractivity contribution < 1.29 is 4.42 Å². The van der Waals surface area contributed by atoms with Crippen LogP contribution >= 0.6 is 39.1 Å². The highest BCUT2D eigenvalue weighted by molar-refractivity contribution is 9.10. The highest BCUT2D eigenvalue weighted by Gasteiger charge is 2.17. The second-order valence-corrected chi connectivity index (χ2v) is 5.76. The fourth-order valence-electron chi connectivity index (χ4n) is 2.00. The Balaban J connectivity index is 2.24. The molecule has 1 atom stereocenters. The third kappa shape index (κ3) is 3.76. The minimum Gasteiger partial charge on any atom is -0.457 e. The summed E-state index contributed by atoms with van der Waals surface area (Å²) >= 11 is 15.6. The van der Waals surface area contributed by atoms with Crippen LogP contribution in [-0.4, -0.2) is 6.54 Å². The highest BCUT2D eigenvalue weighted by Crippen LogP contribution is 2.30. The lowest BCUT2D eigenvalue weighted by atomic mass is 10.0. The van der Waals surface area contributed by atoms with Crippen molar-refractivity contribution in [2.75, 3.05) is 6.54 Å². The van der Waals surface area contributed by atoms with Gasteiger partial charge < -0.3 is 9.73 Å². The largest absolute Gasteiger partial charge is 0.457 e. The van der Waals surface area contributed by atoms with E-state index in [0.717, 1.165) is 28.8 Å². The van der Waals surface area contributed by atoms with E-state index in [9.17, 15) is 0 Å². The van der Waals surface area contributed by atoms with Crippen molar-refractivity contribution in [3.63, 3.8) is 0 Å². The molecule has 1 N–H and O–H groups in total. The smallest absolute Gasteiger partial charge is 0.173 e. The van der Waals surface area contributed by atoms with Crippen LogP contribution in [0.2, 0.25) is 10.0 Å². The lowest BCUT2D eigenvalue weighted by molar-refractivity contribution is 0.506. The zero-order valence-electron chi connectivity index (χ0n) is 10.4. The molecule has 2 nitrogen and oxygen atoms in total. The van der Waals surface area contributed by atoms with Gasteiger partial charge in [0.05, 0.1) is 6.26 Å². The van der Waals surface area contributed by atoms with Crippen LogP contribution in [0.5, 0.6) is 0 Å². The first kappa shape index (κ1) is 14.9. The normalized spacial score (nSPS) is 12.6. The molecule has 2 aromatic rings. The Kier molecular flexibility index (Phi) is 5.34. The van der Waals surface area contributed by atoms with E-state index in [2.05, 4.69) is 28.2 Å². The predicted molar refractivity (Wildman–Crippen MR) is 83.0 cm³/mol. The van der Waals surface area contributed by atoms with E-state index in [-0.39, 0.29) is 6.04 Å². The molecule has 0 amide bonds. The van der Waals surface area contributed by atoms with Gasteiger partial charge in [0.1, 0.15) is 0 Å². The molecule has 1 unspecified atom stereocenters. The Bertz CT molecular complexity index is 556. The van der Waals surface area contributed by atoms with Gasteiger partial charge in [-0.15, -0.1) is 0 Å². The molecule has 0 fully saturated rings. The van der Waals surface area contributed by atoms with Crippen LogP contribution in [0.15, 0.2) is 39.6 Å². The van der Waals surface area contributed by atoms with Gasteiger partial charge in [0.15, 0.2) is 4.67 Å². The number of hydrogen-bond donors (Lipinski definition) is 1. The Labute approximate surface area is 131 Å². The van der Waals surface area contributed by atoms with Crippen LogP contribution in [-0.2, 0) is 6.42 Å². The highest BCUT2D eigenvalue weighted by atomic mass is 79.9. The van der Waals surface area contributed by atoms with Crippen molar-refractivity contribution in [3.8, 4) is 0 Å². The number of likely N-dealkylation sites (N-methyl/N-ethyl adjacent to an activating group) is 1. The van der Waals surface area contributed by atoms with Crippen molar-refractivity contribution in [2.45, 2.75) is 19.4 Å². The standard InChI is InChI=1S/C14H14BrCl2NO/c1-2-18-13(11-5-6-19-14(11)15)7-9-3-4-10(16)8-12(9)17/h3-6,8,13,18H,2,7H2,1H3. The van der Waals surface area contributed by atoms with Crippen molar-refractivity contribution in [2.24, 2.45) is 0 Å². The maximum atomic E-state index is 6.23. The van der Waals surface area contributed by atoms with Gasteiger partial charge in [-0.2, -0.15) is 0 Å². The average molecular weight is 363 g/mol. The number of furan rings is 1. The van der Waals surface area contributed by atoms with Crippen LogP contribution in [0.1, 0.15) is 24.1 Å². The fourth-order valence-corrected chi connectivity index (χ4v) is 3.00. The maximum Gasteiger partial charge on any atom is 0.173 e. The average Bonchev–Trinajstić information content (AvgIpc) is 2.78. The van der Waals surface area contributed by atoms with Crippen molar-refractivity contribution in [1.29, 1.82) is 0 Å². The quantitative estimate of drug-likeness (QED) is 0.786. The monoisotopic (exact) mass is 361 g/mol. The van der Waals surface area contributed by atoms with E-state index in [4.69, 9.17) is 27.6 Å². The van der Waals surface area contributed by atoms with E-state index in [1.807, 2.05) is 18.2 Å². The van der Waals surface area contributed by atoms with Crippen molar-refractivity contribution >= 4 is 39.1 Å². The Morgan fingerprint density at radius 2 is 2.11 bits per heavy atom. The summed E-state index contributed by atoms with van der Waals surface area (Å²) in [6, 6.07) is 7.70. The minimum absolute atomic E-state index is 0.150. The van der Waals surface area contributed by atoms with Crippen LogP contribution in [0.25, 0.3) is 0 Å². The van der Waals surface area contributed by atoms with E-state index in [1.165, 1.54) is 0 Å². The summed E-state index contributed by atoms with van der Waals surface area (Å²) in [5, 5.41) is 4.78. The van der Waals surface area contributed by atoms with Gasteiger partial charge in [0, 0.05) is 21.7 Å². The molecule has 0 spiro atoms. The molecule has 0 aliphatic carbocycles. The molecule has 5 heteroatoms. The number of benzene rings is 1. The minimum atomic E-state index is 0.150. The molecule has 0 bridgehead atoms. The summed E-state index contributed by atoms with van der Waals surface area (Å²) in [4.78, 5) is 0. The van der Waals surface area contributed by atoms with Gasteiger partial charge in [-0.05, 0) is 52.7 Å². The third-order valence-electron chi connectivity index (χ3n) is 2.91. The van der Waals surface area contributed by atoms with Gasteiger partial charge in [-0.25, -0.2) is 0 Å². The second-order valence-electron chi connectivity index (χ2n) is 4.20. The van der Waals surface area contributed by atoms with E-state index in [0.29, 0.717) is 10.0 Å². The molecule has 0 radical (unpaired) electrons. The predicted octanol–water partition coefficient (Wildman–Crippen LogP) is 5.24. The number of rotatable bonds is 5. The first-order valence-corrected chi connectivity index (χ1v) is 7.57. The van der Waals surface area contributed by atoms with Gasteiger partial charge >= 0.3 is 0 Å². The maximum absolute atomic E-state index is 6.23. The molecule has 0 saturated carbocycles. The van der Waals surface area contributed by atoms with Crippen molar-refractivity contribution in [3.05, 3.63) is 56.4 Å². The lowest BCUT2D eigenvalue weighted by Gasteiger charge is -2.18. The Morgan fingerprint density at radius 1 is 1.32 bits per heavy atom. The summed E-state index contributed by atoms with van der Waals surface area (Å²) in [5.41, 5.74) is 2.15. The van der Waals surface area contributed by atoms with Gasteiger partial charge in [-0.1, -0.05) is 36.2 Å². The molecule has 1 aromatic heterocycles. The molecule has 19 heavy (non-hydrogen) atoms. The SMILES string of the molecule is CCNC(Cc1ccc(Cl)cc1Cl)c1ccoc1Br. The van der Waals surface area contributed by atoms with Gasteiger partial charge in [0.25, 0.3) is 0 Å². The summed E-state index contributed by atoms with van der Waals surface area (Å²) in [7, 11) is 0. The lowest BCUT2D eigenvalue weighted by Crippen LogP contribution is -2.23. The Hall–Kier alpha value is -0.480. The summed E-state index contributed by atoms with van der Waals surface area (Å²) < 4.78 is 6.05. The van der Waals surface area contributed by atoms with Crippen LogP contribution < -0.4 is 5.32 Å². The third-order valence-corrected chi connectivity index (χ3v) is 4.14. The van der Waals surface area contributed by atoms with Gasteiger partial charge in [-0.3, -0.25) is 0 Å². The molecular formula is C14H14BrCl2NO. The molecule has 2 rings (SSSR count). The van der Waals surface area contributed by atoms with E-state index < -0.39 is 0 Å².